The van der Waals surface area contributed by atoms with Crippen LogP contribution in [0.5, 0.6) is 0 Å². The van der Waals surface area contributed by atoms with Crippen molar-refractivity contribution >= 4 is 42.1 Å². The Balaban J connectivity index is 0.00000140. The van der Waals surface area contributed by atoms with Gasteiger partial charge in [0.2, 0.25) is 17.6 Å². The summed E-state index contributed by atoms with van der Waals surface area (Å²) in [5.74, 6) is 1.69. The second-order valence-corrected chi connectivity index (χ2v) is 8.16. The first-order chi connectivity index (χ1) is 12.7. The highest BCUT2D eigenvalue weighted by Crippen LogP contribution is 2.26. The van der Waals surface area contributed by atoms with E-state index in [2.05, 4.69) is 15.0 Å². The van der Waals surface area contributed by atoms with Crippen LogP contribution in [-0.4, -0.2) is 58.1 Å². The zero-order chi connectivity index (χ0) is 17.9. The van der Waals surface area contributed by atoms with Crippen LogP contribution >= 0.6 is 36.2 Å². The molecular weight excluding hydrogens is 421 g/mol. The normalized spacial score (nSPS) is 23.0. The average molecular weight is 448 g/mol. The van der Waals surface area contributed by atoms with Crippen LogP contribution in [0.3, 0.4) is 0 Å². The summed E-state index contributed by atoms with van der Waals surface area (Å²) < 4.78 is 5.38. The predicted molar refractivity (Wildman–Crippen MR) is 114 cm³/mol. The minimum absolute atomic E-state index is 0. The fraction of sp³-hybridized carbons (Fsp3) is 0.611. The quantitative estimate of drug-likeness (QED) is 0.774. The SMILES string of the molecule is Cl.Cl.NC1CCCC(C(=O)N2CCN(Cc3nc(-c4cccs4)no3)CC2)C1. The highest BCUT2D eigenvalue weighted by Gasteiger charge is 2.31. The van der Waals surface area contributed by atoms with E-state index in [1.54, 1.807) is 11.3 Å². The molecule has 2 atom stereocenters. The number of rotatable bonds is 4. The first-order valence-corrected chi connectivity index (χ1v) is 10.2. The molecule has 1 saturated carbocycles. The Morgan fingerprint density at radius 3 is 2.71 bits per heavy atom. The van der Waals surface area contributed by atoms with Crippen molar-refractivity contribution in [3.05, 3.63) is 23.4 Å². The molecular formula is C18H27Cl2N5O2S. The molecule has 1 saturated heterocycles. The number of aromatic nitrogens is 2. The summed E-state index contributed by atoms with van der Waals surface area (Å²) in [6, 6.07) is 4.15. The van der Waals surface area contributed by atoms with Gasteiger partial charge in [0, 0.05) is 38.1 Å². The van der Waals surface area contributed by atoms with Crippen LogP contribution in [0.1, 0.15) is 31.6 Å². The van der Waals surface area contributed by atoms with Gasteiger partial charge in [0.1, 0.15) is 0 Å². The molecule has 0 radical (unpaired) electrons. The summed E-state index contributed by atoms with van der Waals surface area (Å²) in [5.41, 5.74) is 6.04. The summed E-state index contributed by atoms with van der Waals surface area (Å²) in [6.45, 7) is 3.82. The molecule has 1 aliphatic carbocycles. The number of hydrogen-bond donors (Lipinski definition) is 1. The number of thiophene rings is 1. The maximum atomic E-state index is 12.7. The molecule has 156 valence electrons. The molecule has 0 bridgehead atoms. The van der Waals surface area contributed by atoms with Crippen molar-refractivity contribution in [1.29, 1.82) is 0 Å². The summed E-state index contributed by atoms with van der Waals surface area (Å²) in [4.78, 5) is 22.5. The number of piperazine rings is 1. The Labute approximate surface area is 181 Å². The maximum Gasteiger partial charge on any atom is 0.241 e. The lowest BCUT2D eigenvalue weighted by molar-refractivity contribution is -0.138. The van der Waals surface area contributed by atoms with Gasteiger partial charge >= 0.3 is 0 Å². The van der Waals surface area contributed by atoms with E-state index >= 15 is 0 Å². The molecule has 1 aliphatic heterocycles. The van der Waals surface area contributed by atoms with Gasteiger partial charge in [0.25, 0.3) is 0 Å². The smallest absolute Gasteiger partial charge is 0.241 e. The molecule has 2 aromatic rings. The minimum atomic E-state index is 0. The standard InChI is InChI=1S/C18H25N5O2S.2ClH/c19-14-4-1-3-13(11-14)18(24)23-8-6-22(7-9-23)12-16-20-17(21-25-16)15-5-2-10-26-15;;/h2,5,10,13-14H,1,3-4,6-9,11-12,19H2;2*1H. The monoisotopic (exact) mass is 447 g/mol. The molecule has 0 spiro atoms. The Hall–Kier alpha value is -1.19. The van der Waals surface area contributed by atoms with Crippen LogP contribution in [-0.2, 0) is 11.3 Å². The van der Waals surface area contributed by atoms with Crippen LogP contribution < -0.4 is 5.73 Å². The summed E-state index contributed by atoms with van der Waals surface area (Å²) in [5, 5.41) is 6.06. The van der Waals surface area contributed by atoms with Crippen molar-refractivity contribution in [2.75, 3.05) is 26.2 Å². The molecule has 2 aliphatic rings. The molecule has 2 aromatic heterocycles. The van der Waals surface area contributed by atoms with Gasteiger partial charge < -0.3 is 15.2 Å². The van der Waals surface area contributed by atoms with Crippen LogP contribution in [0.4, 0.5) is 0 Å². The Morgan fingerprint density at radius 1 is 1.25 bits per heavy atom. The third kappa shape index (κ3) is 5.45. The number of halogens is 2. The molecule has 2 fully saturated rings. The van der Waals surface area contributed by atoms with E-state index in [4.69, 9.17) is 10.3 Å². The summed E-state index contributed by atoms with van der Waals surface area (Å²) >= 11 is 1.60. The molecule has 10 heteroatoms. The van der Waals surface area contributed by atoms with Gasteiger partial charge in [-0.1, -0.05) is 17.6 Å². The molecule has 7 nitrogen and oxygen atoms in total. The van der Waals surface area contributed by atoms with Crippen molar-refractivity contribution in [2.45, 2.75) is 38.3 Å². The lowest BCUT2D eigenvalue weighted by Gasteiger charge is -2.37. The van der Waals surface area contributed by atoms with Gasteiger partial charge in [-0.25, -0.2) is 0 Å². The molecule has 3 heterocycles. The number of amides is 1. The third-order valence-corrected chi connectivity index (χ3v) is 6.18. The van der Waals surface area contributed by atoms with Crippen molar-refractivity contribution < 1.29 is 9.32 Å². The Bertz CT molecular complexity index is 734. The van der Waals surface area contributed by atoms with Crippen LogP contribution in [0, 0.1) is 5.92 Å². The number of nitrogens with zero attached hydrogens (tertiary/aromatic N) is 4. The zero-order valence-corrected chi connectivity index (χ0v) is 18.1. The van der Waals surface area contributed by atoms with E-state index in [9.17, 15) is 4.79 Å². The van der Waals surface area contributed by atoms with Gasteiger partial charge in [-0.2, -0.15) is 4.98 Å². The first kappa shape index (κ1) is 23.1. The molecule has 28 heavy (non-hydrogen) atoms. The van der Waals surface area contributed by atoms with Gasteiger partial charge in [0.05, 0.1) is 11.4 Å². The predicted octanol–water partition coefficient (Wildman–Crippen LogP) is 2.80. The van der Waals surface area contributed by atoms with Gasteiger partial charge in [0.15, 0.2) is 0 Å². The van der Waals surface area contributed by atoms with Crippen molar-refractivity contribution in [3.8, 4) is 10.7 Å². The lowest BCUT2D eigenvalue weighted by atomic mass is 9.85. The van der Waals surface area contributed by atoms with Gasteiger partial charge in [-0.15, -0.1) is 36.2 Å². The fourth-order valence-corrected chi connectivity index (χ4v) is 4.50. The Kier molecular flexibility index (Phi) is 8.70. The number of hydrogen-bond acceptors (Lipinski definition) is 7. The number of carbonyl (C=O) groups excluding carboxylic acids is 1. The van der Waals surface area contributed by atoms with Crippen molar-refractivity contribution in [1.82, 2.24) is 19.9 Å². The van der Waals surface area contributed by atoms with E-state index in [1.807, 2.05) is 22.4 Å². The summed E-state index contributed by atoms with van der Waals surface area (Å²) in [6.07, 6.45) is 3.95. The molecule has 2 N–H and O–H groups in total. The van der Waals surface area contributed by atoms with Crippen LogP contribution in [0.15, 0.2) is 22.0 Å². The number of carbonyl (C=O) groups is 1. The van der Waals surface area contributed by atoms with Crippen LogP contribution in [0.2, 0.25) is 0 Å². The highest BCUT2D eigenvalue weighted by molar-refractivity contribution is 7.13. The Morgan fingerprint density at radius 2 is 2.04 bits per heavy atom. The van der Waals surface area contributed by atoms with E-state index in [0.29, 0.717) is 18.3 Å². The average Bonchev–Trinajstić information content (AvgIpc) is 3.33. The largest absolute Gasteiger partial charge is 0.340 e. The zero-order valence-electron chi connectivity index (χ0n) is 15.7. The van der Waals surface area contributed by atoms with E-state index in [1.165, 1.54) is 0 Å². The second-order valence-electron chi connectivity index (χ2n) is 7.21. The van der Waals surface area contributed by atoms with Gasteiger partial charge in [-0.05, 0) is 30.7 Å². The van der Waals surface area contributed by atoms with Crippen LogP contribution in [0.25, 0.3) is 10.7 Å². The number of nitrogens with two attached hydrogens (primary N) is 1. The summed E-state index contributed by atoms with van der Waals surface area (Å²) in [7, 11) is 0. The highest BCUT2D eigenvalue weighted by atomic mass is 35.5. The van der Waals surface area contributed by atoms with E-state index in [-0.39, 0.29) is 42.7 Å². The maximum absolute atomic E-state index is 12.7. The first-order valence-electron chi connectivity index (χ1n) is 9.32. The molecule has 1 amide bonds. The minimum Gasteiger partial charge on any atom is -0.340 e. The molecule has 0 aromatic carbocycles. The fourth-order valence-electron chi connectivity index (χ4n) is 3.85. The van der Waals surface area contributed by atoms with Gasteiger partial charge in [-0.3, -0.25) is 9.69 Å². The topological polar surface area (TPSA) is 88.5 Å². The lowest BCUT2D eigenvalue weighted by Crippen LogP contribution is -2.51. The van der Waals surface area contributed by atoms with E-state index < -0.39 is 0 Å². The molecule has 4 rings (SSSR count). The molecule has 2 unspecified atom stereocenters. The van der Waals surface area contributed by atoms with E-state index in [0.717, 1.165) is 56.7 Å². The van der Waals surface area contributed by atoms with Crippen molar-refractivity contribution in [3.63, 3.8) is 0 Å². The van der Waals surface area contributed by atoms with Crippen molar-refractivity contribution in [2.24, 2.45) is 11.7 Å². The third-order valence-electron chi connectivity index (χ3n) is 5.32. The second kappa shape index (κ2) is 10.5.